The number of aryl methyl sites for hydroxylation is 2. The molecule has 0 saturated carbocycles. The smallest absolute Gasteiger partial charge is 0.148 e. The molecular weight excluding hydrogens is 194 g/mol. The Labute approximate surface area is 78.6 Å². The first kappa shape index (κ1) is 7.89. The lowest BCUT2D eigenvalue weighted by atomic mass is 10.3. The van der Waals surface area contributed by atoms with E-state index in [-0.39, 0.29) is 0 Å². The molecule has 0 amide bonds. The van der Waals surface area contributed by atoms with Gasteiger partial charge in [0.1, 0.15) is 15.8 Å². The quantitative estimate of drug-likeness (QED) is 0.612. The van der Waals surface area contributed by atoms with Crippen LogP contribution in [-0.2, 0) is 0 Å². The van der Waals surface area contributed by atoms with E-state index in [2.05, 4.69) is 14.3 Å². The number of nitrogens with zero attached hydrogens (tertiary/aromatic N) is 3. The number of rotatable bonds is 0. The van der Waals surface area contributed by atoms with Crippen molar-refractivity contribution in [3.05, 3.63) is 16.7 Å². The van der Waals surface area contributed by atoms with E-state index in [1.165, 1.54) is 11.5 Å². The molecule has 12 heavy (non-hydrogen) atoms. The normalized spacial score (nSPS) is 10.9. The summed E-state index contributed by atoms with van der Waals surface area (Å²) in [5.74, 6) is 0.691. The van der Waals surface area contributed by atoms with Gasteiger partial charge in [0, 0.05) is 0 Å². The zero-order valence-corrected chi connectivity index (χ0v) is 8.20. The van der Waals surface area contributed by atoms with Gasteiger partial charge in [-0.25, -0.2) is 9.97 Å². The summed E-state index contributed by atoms with van der Waals surface area (Å²) >= 11 is 7.28. The second-order valence-electron chi connectivity index (χ2n) is 2.51. The van der Waals surface area contributed by atoms with Gasteiger partial charge in [-0.05, 0) is 25.4 Å². The molecule has 62 valence electrons. The summed E-state index contributed by atoms with van der Waals surface area (Å²) in [6.45, 7) is 3.73. The van der Waals surface area contributed by atoms with Crippen LogP contribution in [0.1, 0.15) is 11.5 Å². The monoisotopic (exact) mass is 199 g/mol. The van der Waals surface area contributed by atoms with Crippen molar-refractivity contribution in [1.82, 2.24) is 14.3 Å². The Bertz CT molecular complexity index is 437. The molecule has 0 saturated heterocycles. The van der Waals surface area contributed by atoms with Crippen molar-refractivity contribution >= 4 is 33.4 Å². The minimum Gasteiger partial charge on any atom is -0.221 e. The second-order valence-corrected chi connectivity index (χ2v) is 3.62. The zero-order valence-electron chi connectivity index (χ0n) is 6.63. The van der Waals surface area contributed by atoms with Crippen molar-refractivity contribution in [1.29, 1.82) is 0 Å². The van der Waals surface area contributed by atoms with Crippen molar-refractivity contribution < 1.29 is 0 Å². The molecule has 0 radical (unpaired) electrons. The molecule has 0 aliphatic heterocycles. The van der Waals surface area contributed by atoms with E-state index in [1.807, 2.05) is 13.8 Å². The molecule has 0 N–H and O–H groups in total. The molecule has 2 aromatic heterocycles. The summed E-state index contributed by atoms with van der Waals surface area (Å²) in [5, 5.41) is 1.39. The summed E-state index contributed by atoms with van der Waals surface area (Å²) < 4.78 is 4.15. The molecule has 5 heteroatoms. The first-order valence-electron chi connectivity index (χ1n) is 3.44. The highest BCUT2D eigenvalue weighted by atomic mass is 35.5. The number of halogens is 1. The van der Waals surface area contributed by atoms with Crippen LogP contribution in [0.15, 0.2) is 0 Å². The number of fused-ring (bicyclic) bond motifs is 1. The first-order valence-corrected chi connectivity index (χ1v) is 4.60. The standard InChI is InChI=1S/C7H6ClN3S/c1-3-5-6(8)9-4(2)10-7(5)12-11-3/h1-2H3. The maximum Gasteiger partial charge on any atom is 0.148 e. The van der Waals surface area contributed by atoms with Gasteiger partial charge in [0.05, 0.1) is 11.1 Å². The number of hydrogen-bond acceptors (Lipinski definition) is 4. The van der Waals surface area contributed by atoms with E-state index in [0.717, 1.165) is 15.9 Å². The summed E-state index contributed by atoms with van der Waals surface area (Å²) in [6, 6.07) is 0. The molecular formula is C7H6ClN3S. The molecule has 2 aromatic rings. The molecule has 0 aliphatic rings. The average molecular weight is 200 g/mol. The summed E-state index contributed by atoms with van der Waals surface area (Å²) in [6.07, 6.45) is 0. The Morgan fingerprint density at radius 3 is 2.75 bits per heavy atom. The fourth-order valence-electron chi connectivity index (χ4n) is 1.04. The van der Waals surface area contributed by atoms with Crippen molar-refractivity contribution in [2.45, 2.75) is 13.8 Å². The Morgan fingerprint density at radius 1 is 1.25 bits per heavy atom. The van der Waals surface area contributed by atoms with Gasteiger partial charge in [-0.3, -0.25) is 0 Å². The lowest BCUT2D eigenvalue weighted by Crippen LogP contribution is -1.87. The lowest BCUT2D eigenvalue weighted by Gasteiger charge is -1.94. The average Bonchev–Trinajstić information content (AvgIpc) is 2.31. The van der Waals surface area contributed by atoms with Crippen molar-refractivity contribution in [2.75, 3.05) is 0 Å². The number of hydrogen-bond donors (Lipinski definition) is 0. The van der Waals surface area contributed by atoms with Gasteiger partial charge in [-0.15, -0.1) is 0 Å². The molecule has 0 aliphatic carbocycles. The molecule has 0 bridgehead atoms. The Balaban J connectivity index is 2.93. The van der Waals surface area contributed by atoms with Gasteiger partial charge in [-0.2, -0.15) is 4.37 Å². The van der Waals surface area contributed by atoms with E-state index in [1.54, 1.807) is 0 Å². The SMILES string of the molecule is Cc1nc(Cl)c2c(C)nsc2n1. The third kappa shape index (κ3) is 1.07. The highest BCUT2D eigenvalue weighted by molar-refractivity contribution is 7.13. The molecule has 0 aromatic carbocycles. The second kappa shape index (κ2) is 2.64. The van der Waals surface area contributed by atoms with Gasteiger partial charge in [-0.1, -0.05) is 11.6 Å². The van der Waals surface area contributed by atoms with Crippen LogP contribution in [0.2, 0.25) is 5.15 Å². The van der Waals surface area contributed by atoms with Gasteiger partial charge in [0.2, 0.25) is 0 Å². The zero-order chi connectivity index (χ0) is 8.72. The summed E-state index contributed by atoms with van der Waals surface area (Å²) in [7, 11) is 0. The Kier molecular flexibility index (Phi) is 1.73. The van der Waals surface area contributed by atoms with Gasteiger partial charge >= 0.3 is 0 Å². The third-order valence-electron chi connectivity index (χ3n) is 1.57. The molecule has 0 unspecified atom stereocenters. The van der Waals surface area contributed by atoms with E-state index in [4.69, 9.17) is 11.6 Å². The molecule has 0 atom stereocenters. The topological polar surface area (TPSA) is 38.7 Å². The lowest BCUT2D eigenvalue weighted by molar-refractivity contribution is 1.10. The largest absolute Gasteiger partial charge is 0.221 e. The van der Waals surface area contributed by atoms with E-state index in [9.17, 15) is 0 Å². The molecule has 2 rings (SSSR count). The number of aromatic nitrogens is 3. The molecule has 0 fully saturated rings. The van der Waals surface area contributed by atoms with Crippen LogP contribution < -0.4 is 0 Å². The first-order chi connectivity index (χ1) is 5.68. The minimum absolute atomic E-state index is 0.503. The van der Waals surface area contributed by atoms with Crippen molar-refractivity contribution in [3.8, 4) is 0 Å². The fraction of sp³-hybridized carbons (Fsp3) is 0.286. The molecule has 3 nitrogen and oxygen atoms in total. The van der Waals surface area contributed by atoms with Crippen molar-refractivity contribution in [2.24, 2.45) is 0 Å². The van der Waals surface area contributed by atoms with Crippen molar-refractivity contribution in [3.63, 3.8) is 0 Å². The van der Waals surface area contributed by atoms with E-state index in [0.29, 0.717) is 11.0 Å². The maximum absolute atomic E-state index is 5.92. The predicted molar refractivity (Wildman–Crippen MR) is 49.7 cm³/mol. The van der Waals surface area contributed by atoms with Crippen LogP contribution in [0, 0.1) is 13.8 Å². The van der Waals surface area contributed by atoms with Gasteiger partial charge in [0.25, 0.3) is 0 Å². The Hall–Kier alpha value is -0.740. The van der Waals surface area contributed by atoms with Crippen LogP contribution in [-0.4, -0.2) is 14.3 Å². The van der Waals surface area contributed by atoms with Crippen LogP contribution in [0.3, 0.4) is 0 Å². The third-order valence-corrected chi connectivity index (χ3v) is 2.68. The molecule has 0 spiro atoms. The van der Waals surface area contributed by atoms with Crippen LogP contribution in [0.25, 0.3) is 10.2 Å². The van der Waals surface area contributed by atoms with Gasteiger partial charge < -0.3 is 0 Å². The highest BCUT2D eigenvalue weighted by Crippen LogP contribution is 2.25. The predicted octanol–water partition coefficient (Wildman–Crippen LogP) is 2.36. The minimum atomic E-state index is 0.503. The molecule has 2 heterocycles. The van der Waals surface area contributed by atoms with Crippen LogP contribution >= 0.6 is 23.1 Å². The maximum atomic E-state index is 5.92. The fourth-order valence-corrected chi connectivity index (χ4v) is 2.27. The summed E-state index contributed by atoms with van der Waals surface area (Å²) in [4.78, 5) is 9.14. The Morgan fingerprint density at radius 2 is 2.00 bits per heavy atom. The van der Waals surface area contributed by atoms with Crippen LogP contribution in [0.5, 0.6) is 0 Å². The van der Waals surface area contributed by atoms with E-state index < -0.39 is 0 Å². The summed E-state index contributed by atoms with van der Waals surface area (Å²) in [5.41, 5.74) is 0.903. The van der Waals surface area contributed by atoms with Crippen LogP contribution in [0.4, 0.5) is 0 Å². The van der Waals surface area contributed by atoms with Gasteiger partial charge in [0.15, 0.2) is 0 Å². The van der Waals surface area contributed by atoms with E-state index >= 15 is 0 Å². The highest BCUT2D eigenvalue weighted by Gasteiger charge is 2.08.